The van der Waals surface area contributed by atoms with Crippen molar-refractivity contribution < 1.29 is 9.59 Å². The number of hydrogen-bond acceptors (Lipinski definition) is 4. The number of likely N-dealkylation sites (tertiary alicyclic amines) is 2. The van der Waals surface area contributed by atoms with Gasteiger partial charge in [0.1, 0.15) is 0 Å². The molecule has 0 spiro atoms. The molecule has 3 N–H and O–H groups in total. The third kappa shape index (κ3) is 7.24. The molecule has 8 rings (SSSR count). The molecule has 4 aromatic rings. The summed E-state index contributed by atoms with van der Waals surface area (Å²) in [4.78, 5) is 37.7. The van der Waals surface area contributed by atoms with Crippen molar-refractivity contribution in [1.82, 2.24) is 34.6 Å². The second-order valence-electron chi connectivity index (χ2n) is 15.9. The van der Waals surface area contributed by atoms with E-state index in [4.69, 9.17) is 0 Å². The van der Waals surface area contributed by atoms with Crippen LogP contribution in [0.2, 0.25) is 0 Å². The molecule has 0 radical (unpaired) electrons. The number of amides is 4. The first-order chi connectivity index (χ1) is 26.3. The summed E-state index contributed by atoms with van der Waals surface area (Å²) >= 11 is 0. The maximum Gasteiger partial charge on any atom is 0.336 e. The number of aromatic nitrogens is 2. The van der Waals surface area contributed by atoms with Crippen molar-refractivity contribution >= 4 is 33.9 Å². The van der Waals surface area contributed by atoms with Crippen LogP contribution in [0, 0.1) is 0 Å². The fourth-order valence-corrected chi connectivity index (χ4v) is 10.4. The van der Waals surface area contributed by atoms with E-state index in [1.165, 1.54) is 70.9 Å². The minimum absolute atomic E-state index is 0.0295. The van der Waals surface area contributed by atoms with E-state index in [0.29, 0.717) is 23.9 Å². The number of benzene rings is 2. The molecule has 54 heavy (non-hydrogen) atoms. The van der Waals surface area contributed by atoms with Crippen LogP contribution in [0.5, 0.6) is 0 Å². The zero-order valence-corrected chi connectivity index (χ0v) is 33.7. The molecule has 2 fully saturated rings. The zero-order valence-electron chi connectivity index (χ0n) is 33.7. The SMILES string of the molecule is CCCN1CCC[C@@H]2c3cccc4c3c(cn4NC(=O)N(CC)CC)C[C@H]21.CCCN1C[C@@H](NC(=O)N(CC)CC)C[C@@H]2c3cccc4[nH]cc(c34)C[C@H]21. The zero-order chi connectivity index (χ0) is 37.9. The van der Waals surface area contributed by atoms with E-state index in [9.17, 15) is 9.59 Å². The maximum atomic E-state index is 12.6. The van der Waals surface area contributed by atoms with Crippen molar-refractivity contribution in [3.8, 4) is 0 Å². The molecule has 0 unspecified atom stereocenters. The van der Waals surface area contributed by atoms with E-state index in [-0.39, 0.29) is 18.1 Å². The quantitative estimate of drug-likeness (QED) is 0.155. The van der Waals surface area contributed by atoms with Gasteiger partial charge in [-0.1, -0.05) is 38.1 Å². The number of urea groups is 2. The fourth-order valence-electron chi connectivity index (χ4n) is 10.4. The normalized spacial score (nSPS) is 23.3. The van der Waals surface area contributed by atoms with Gasteiger partial charge >= 0.3 is 12.1 Å². The Morgan fingerprint density at radius 1 is 0.778 bits per heavy atom. The van der Waals surface area contributed by atoms with Gasteiger partial charge in [0, 0.05) is 91.4 Å². The first-order valence-corrected chi connectivity index (χ1v) is 21.1. The summed E-state index contributed by atoms with van der Waals surface area (Å²) in [6, 6.07) is 14.7. The van der Waals surface area contributed by atoms with Gasteiger partial charge in [0.05, 0.1) is 5.52 Å². The van der Waals surface area contributed by atoms with E-state index >= 15 is 0 Å². The summed E-state index contributed by atoms with van der Waals surface area (Å²) < 4.78 is 1.95. The topological polar surface area (TPSA) is 91.9 Å². The summed E-state index contributed by atoms with van der Waals surface area (Å²) in [6.45, 7) is 20.0. The van der Waals surface area contributed by atoms with Crippen molar-refractivity contribution in [2.24, 2.45) is 0 Å². The monoisotopic (exact) mass is 737 g/mol. The van der Waals surface area contributed by atoms with Gasteiger partial charge in [-0.2, -0.15) is 0 Å². The molecular formula is C44H64N8O2. The number of carbonyl (C=O) groups is 2. The Balaban J connectivity index is 0.000000167. The molecule has 4 aliphatic rings. The van der Waals surface area contributed by atoms with E-state index in [2.05, 4.69) is 88.2 Å². The molecule has 4 amide bonds. The van der Waals surface area contributed by atoms with Crippen LogP contribution in [0.15, 0.2) is 48.8 Å². The standard InChI is InChI=1S/2C22H32N4O/c1-4-12-25-13-8-10-17-18-9-7-11-19-21(18)16(14-20(17)25)15-26(19)23-22(27)24(5-2)6-3;1-4-10-26-14-16(24-22(27)25(5-2)6-3)12-18-17-8-7-9-19-21(17)15(13-23-19)11-20(18)26/h7,9,11,15,17,20H,4-6,8,10,12-14H2,1-3H3,(H,23,27);7-9,13,16,18,20,23H,4-6,10-12,14H2,1-3H3,(H,24,27)/t17-,20-;16-,18+,20+/m10/s1. The molecule has 0 bridgehead atoms. The lowest BCUT2D eigenvalue weighted by Crippen LogP contribution is -2.57. The van der Waals surface area contributed by atoms with Gasteiger partial charge in [-0.25, -0.2) is 15.0 Å². The molecule has 2 aliphatic heterocycles. The third-order valence-corrected chi connectivity index (χ3v) is 12.9. The average Bonchev–Trinajstić information content (AvgIpc) is 3.76. The van der Waals surface area contributed by atoms with Crippen molar-refractivity contribution in [1.29, 1.82) is 0 Å². The lowest BCUT2D eigenvalue weighted by molar-refractivity contribution is 0.0980. The van der Waals surface area contributed by atoms with Crippen LogP contribution >= 0.6 is 0 Å². The molecule has 5 atom stereocenters. The Morgan fingerprint density at radius 2 is 1.43 bits per heavy atom. The van der Waals surface area contributed by atoms with Gasteiger partial charge in [-0.3, -0.25) is 14.5 Å². The highest BCUT2D eigenvalue weighted by Crippen LogP contribution is 2.45. The van der Waals surface area contributed by atoms with Crippen molar-refractivity contribution in [2.75, 3.05) is 57.8 Å². The van der Waals surface area contributed by atoms with E-state index in [1.807, 2.05) is 42.2 Å². The van der Waals surface area contributed by atoms with Crippen LogP contribution in [0.1, 0.15) is 108 Å². The highest BCUT2D eigenvalue weighted by molar-refractivity contribution is 5.92. The lowest BCUT2D eigenvalue weighted by atomic mass is 9.74. The van der Waals surface area contributed by atoms with Gasteiger partial charge in [0.15, 0.2) is 0 Å². The molecule has 0 saturated carbocycles. The Kier molecular flexibility index (Phi) is 11.9. The van der Waals surface area contributed by atoms with E-state index in [1.54, 1.807) is 0 Å². The van der Waals surface area contributed by atoms with E-state index < -0.39 is 0 Å². The highest BCUT2D eigenvalue weighted by atomic mass is 16.2. The highest BCUT2D eigenvalue weighted by Gasteiger charge is 2.41. The second-order valence-corrected chi connectivity index (χ2v) is 15.9. The van der Waals surface area contributed by atoms with Crippen LogP contribution in [0.4, 0.5) is 9.59 Å². The predicted molar refractivity (Wildman–Crippen MR) is 221 cm³/mol. The molecule has 10 heteroatoms. The summed E-state index contributed by atoms with van der Waals surface area (Å²) in [5.41, 5.74) is 11.3. The number of rotatable bonds is 10. The number of carbonyl (C=O) groups excluding carboxylic acids is 2. The number of fused-ring (bicyclic) bond motifs is 4. The molecule has 292 valence electrons. The van der Waals surface area contributed by atoms with Crippen LogP contribution in [-0.4, -0.2) is 112 Å². The van der Waals surface area contributed by atoms with Gasteiger partial charge in [-0.15, -0.1) is 0 Å². The number of nitrogens with one attached hydrogen (secondary N) is 3. The van der Waals surface area contributed by atoms with Crippen LogP contribution in [0.25, 0.3) is 21.8 Å². The summed E-state index contributed by atoms with van der Waals surface area (Å²) in [6.07, 6.45) is 12.5. The smallest absolute Gasteiger partial charge is 0.336 e. The molecule has 2 aliphatic carbocycles. The second kappa shape index (κ2) is 16.8. The Morgan fingerprint density at radius 3 is 2.15 bits per heavy atom. The van der Waals surface area contributed by atoms with Gasteiger partial charge in [-0.05, 0) is 127 Å². The molecule has 2 aromatic heterocycles. The molecular weight excluding hydrogens is 673 g/mol. The van der Waals surface area contributed by atoms with Crippen LogP contribution < -0.4 is 10.7 Å². The minimum Gasteiger partial charge on any atom is -0.361 e. The Hall–Kier alpha value is -4.02. The summed E-state index contributed by atoms with van der Waals surface area (Å²) in [7, 11) is 0. The Bertz CT molecular complexity index is 1900. The number of H-pyrrole nitrogens is 1. The number of aromatic amines is 1. The molecule has 10 nitrogen and oxygen atoms in total. The molecule has 4 heterocycles. The van der Waals surface area contributed by atoms with Crippen molar-refractivity contribution in [3.63, 3.8) is 0 Å². The van der Waals surface area contributed by atoms with Crippen molar-refractivity contribution in [3.05, 3.63) is 71.0 Å². The predicted octanol–water partition coefficient (Wildman–Crippen LogP) is 7.87. The number of nitrogens with zero attached hydrogens (tertiary/aromatic N) is 5. The molecule has 2 aromatic carbocycles. The number of hydrogen-bond donors (Lipinski definition) is 3. The third-order valence-electron chi connectivity index (χ3n) is 12.9. The first kappa shape index (κ1) is 38.3. The minimum atomic E-state index is -0.0295. The first-order valence-electron chi connectivity index (χ1n) is 21.1. The summed E-state index contributed by atoms with van der Waals surface area (Å²) in [5.74, 6) is 1.11. The fraction of sp³-hybridized carbons (Fsp3) is 0.591. The summed E-state index contributed by atoms with van der Waals surface area (Å²) in [5, 5.41) is 6.12. The van der Waals surface area contributed by atoms with Crippen LogP contribution in [0.3, 0.4) is 0 Å². The average molecular weight is 737 g/mol. The van der Waals surface area contributed by atoms with Gasteiger partial charge < -0.3 is 20.1 Å². The Labute approximate surface area is 322 Å². The van der Waals surface area contributed by atoms with E-state index in [0.717, 1.165) is 70.5 Å². The van der Waals surface area contributed by atoms with Crippen LogP contribution in [-0.2, 0) is 12.8 Å². The number of piperidine rings is 2. The molecule has 2 saturated heterocycles. The van der Waals surface area contributed by atoms with Gasteiger partial charge in [0.25, 0.3) is 0 Å². The van der Waals surface area contributed by atoms with Gasteiger partial charge in [0.2, 0.25) is 0 Å². The van der Waals surface area contributed by atoms with Crippen molar-refractivity contribution in [2.45, 2.75) is 116 Å². The largest absolute Gasteiger partial charge is 0.361 e. The lowest BCUT2D eigenvalue weighted by Gasteiger charge is -2.47. The maximum absolute atomic E-state index is 12.6.